The molecule has 1 aromatic carbocycles. The van der Waals surface area contributed by atoms with Crippen LogP contribution in [0.25, 0.3) is 10.4 Å². The van der Waals surface area contributed by atoms with Crippen LogP contribution in [-0.4, -0.2) is 23.9 Å². The standard InChI is InChI=1S/C19H24N2OS/c20-19(22)11-8-15-5-4-12-21(13-15)14-17-9-10-18(23-17)16-6-2-1-3-7-16/h1-3,6-7,9-10,15H,4-5,8,11-14H2,(H2,20,22). The number of likely N-dealkylation sites (tertiary alicyclic amines) is 1. The first-order valence-electron chi connectivity index (χ1n) is 8.35. The lowest BCUT2D eigenvalue weighted by Gasteiger charge is -2.32. The third-order valence-corrected chi connectivity index (χ3v) is 5.62. The Morgan fingerprint density at radius 3 is 2.83 bits per heavy atom. The third-order valence-electron chi connectivity index (χ3n) is 4.50. The number of nitrogens with zero attached hydrogens (tertiary/aromatic N) is 1. The second kappa shape index (κ2) is 7.75. The first kappa shape index (κ1) is 16.2. The molecule has 4 heteroatoms. The molecular weight excluding hydrogens is 304 g/mol. The van der Waals surface area contributed by atoms with Gasteiger partial charge >= 0.3 is 0 Å². The van der Waals surface area contributed by atoms with Gasteiger partial charge in [0.1, 0.15) is 0 Å². The molecule has 1 aliphatic rings. The predicted molar refractivity (Wildman–Crippen MR) is 96.2 cm³/mol. The molecule has 0 aliphatic carbocycles. The van der Waals surface area contributed by atoms with E-state index in [1.54, 1.807) is 0 Å². The molecule has 2 heterocycles. The Kier molecular flexibility index (Phi) is 5.47. The topological polar surface area (TPSA) is 46.3 Å². The molecule has 23 heavy (non-hydrogen) atoms. The summed E-state index contributed by atoms with van der Waals surface area (Å²) in [6.45, 7) is 3.27. The minimum absolute atomic E-state index is 0.173. The van der Waals surface area contributed by atoms with Crippen molar-refractivity contribution < 1.29 is 4.79 Å². The Morgan fingerprint density at radius 2 is 2.04 bits per heavy atom. The fourth-order valence-corrected chi connectivity index (χ4v) is 4.37. The van der Waals surface area contributed by atoms with Crippen LogP contribution in [0.4, 0.5) is 0 Å². The summed E-state index contributed by atoms with van der Waals surface area (Å²) in [7, 11) is 0. The zero-order valence-electron chi connectivity index (χ0n) is 13.4. The van der Waals surface area contributed by atoms with Crippen molar-refractivity contribution in [2.45, 2.75) is 32.2 Å². The number of hydrogen-bond acceptors (Lipinski definition) is 3. The number of nitrogens with two attached hydrogens (primary N) is 1. The van der Waals surface area contributed by atoms with Crippen LogP contribution in [0.1, 0.15) is 30.6 Å². The summed E-state index contributed by atoms with van der Waals surface area (Å²) in [5, 5.41) is 0. The van der Waals surface area contributed by atoms with Gasteiger partial charge in [-0.25, -0.2) is 0 Å². The maximum Gasteiger partial charge on any atom is 0.217 e. The SMILES string of the molecule is NC(=O)CCC1CCCN(Cc2ccc(-c3ccccc3)s2)C1. The van der Waals surface area contributed by atoms with Crippen molar-refractivity contribution in [2.24, 2.45) is 11.7 Å². The van der Waals surface area contributed by atoms with Crippen LogP contribution in [0.3, 0.4) is 0 Å². The molecule has 1 aromatic heterocycles. The highest BCUT2D eigenvalue weighted by Crippen LogP contribution is 2.30. The van der Waals surface area contributed by atoms with Crippen LogP contribution in [0.2, 0.25) is 0 Å². The summed E-state index contributed by atoms with van der Waals surface area (Å²) in [6, 6.07) is 15.0. The fraction of sp³-hybridized carbons (Fsp3) is 0.421. The number of primary amides is 1. The van der Waals surface area contributed by atoms with Crippen LogP contribution >= 0.6 is 11.3 Å². The maximum atomic E-state index is 11.0. The Balaban J connectivity index is 1.57. The molecule has 1 unspecified atom stereocenters. The van der Waals surface area contributed by atoms with Crippen LogP contribution in [0.15, 0.2) is 42.5 Å². The molecule has 1 amide bonds. The average molecular weight is 328 g/mol. The molecule has 0 spiro atoms. The van der Waals surface area contributed by atoms with Gasteiger partial charge in [-0.15, -0.1) is 11.3 Å². The second-order valence-corrected chi connectivity index (χ2v) is 7.55. The van der Waals surface area contributed by atoms with Gasteiger partial charge in [-0.1, -0.05) is 30.3 Å². The van der Waals surface area contributed by atoms with E-state index < -0.39 is 0 Å². The summed E-state index contributed by atoms with van der Waals surface area (Å²) in [4.78, 5) is 16.2. The molecule has 1 atom stereocenters. The number of amides is 1. The Morgan fingerprint density at radius 1 is 1.22 bits per heavy atom. The average Bonchev–Trinajstić information content (AvgIpc) is 3.03. The zero-order chi connectivity index (χ0) is 16.1. The number of rotatable bonds is 6. The highest BCUT2D eigenvalue weighted by molar-refractivity contribution is 7.15. The van der Waals surface area contributed by atoms with Gasteiger partial charge in [-0.2, -0.15) is 0 Å². The predicted octanol–water partition coefficient (Wildman–Crippen LogP) is 3.89. The van der Waals surface area contributed by atoms with Gasteiger partial charge in [0.2, 0.25) is 5.91 Å². The number of thiophene rings is 1. The summed E-state index contributed by atoms with van der Waals surface area (Å²) < 4.78 is 0. The maximum absolute atomic E-state index is 11.0. The van der Waals surface area contributed by atoms with Crippen molar-refractivity contribution >= 4 is 17.2 Å². The molecule has 1 saturated heterocycles. The van der Waals surface area contributed by atoms with Crippen molar-refractivity contribution in [3.8, 4) is 10.4 Å². The molecular formula is C19H24N2OS. The molecule has 2 N–H and O–H groups in total. The lowest BCUT2D eigenvalue weighted by molar-refractivity contribution is -0.118. The van der Waals surface area contributed by atoms with E-state index in [0.29, 0.717) is 12.3 Å². The number of piperidine rings is 1. The minimum Gasteiger partial charge on any atom is -0.370 e. The van der Waals surface area contributed by atoms with E-state index in [0.717, 1.165) is 26.1 Å². The normalized spacial score (nSPS) is 18.9. The summed E-state index contributed by atoms with van der Waals surface area (Å²) in [6.07, 6.45) is 3.91. The van der Waals surface area contributed by atoms with Crippen LogP contribution in [0, 0.1) is 5.92 Å². The zero-order valence-corrected chi connectivity index (χ0v) is 14.2. The van der Waals surface area contributed by atoms with E-state index in [-0.39, 0.29) is 5.91 Å². The van der Waals surface area contributed by atoms with Crippen molar-refractivity contribution in [1.29, 1.82) is 0 Å². The molecule has 0 saturated carbocycles. The lowest BCUT2D eigenvalue weighted by atomic mass is 9.93. The molecule has 122 valence electrons. The summed E-state index contributed by atoms with van der Waals surface area (Å²) in [5.41, 5.74) is 6.57. The Labute approximate surface area is 142 Å². The van der Waals surface area contributed by atoms with Crippen LogP contribution in [-0.2, 0) is 11.3 Å². The molecule has 2 aromatic rings. The van der Waals surface area contributed by atoms with E-state index in [1.807, 2.05) is 11.3 Å². The molecule has 0 bridgehead atoms. The van der Waals surface area contributed by atoms with Gasteiger partial charge in [0.15, 0.2) is 0 Å². The first-order valence-corrected chi connectivity index (χ1v) is 9.17. The molecule has 3 nitrogen and oxygen atoms in total. The van der Waals surface area contributed by atoms with E-state index in [1.165, 1.54) is 28.2 Å². The number of hydrogen-bond donors (Lipinski definition) is 1. The van der Waals surface area contributed by atoms with Gasteiger partial charge in [0, 0.05) is 29.3 Å². The van der Waals surface area contributed by atoms with E-state index in [9.17, 15) is 4.79 Å². The molecule has 0 radical (unpaired) electrons. The Hall–Kier alpha value is -1.65. The molecule has 1 aliphatic heterocycles. The van der Waals surface area contributed by atoms with Gasteiger partial charge in [0.25, 0.3) is 0 Å². The molecule has 1 fully saturated rings. The van der Waals surface area contributed by atoms with Crippen LogP contribution < -0.4 is 5.73 Å². The van der Waals surface area contributed by atoms with E-state index >= 15 is 0 Å². The molecule has 3 rings (SSSR count). The smallest absolute Gasteiger partial charge is 0.217 e. The van der Waals surface area contributed by atoms with Gasteiger partial charge in [0.05, 0.1) is 0 Å². The largest absolute Gasteiger partial charge is 0.370 e. The van der Waals surface area contributed by atoms with Crippen molar-refractivity contribution in [1.82, 2.24) is 4.90 Å². The Bertz CT molecular complexity index is 638. The van der Waals surface area contributed by atoms with Crippen molar-refractivity contribution in [3.05, 3.63) is 47.3 Å². The highest BCUT2D eigenvalue weighted by Gasteiger charge is 2.20. The van der Waals surface area contributed by atoms with Gasteiger partial charge < -0.3 is 5.73 Å². The lowest BCUT2D eigenvalue weighted by Crippen LogP contribution is -2.35. The van der Waals surface area contributed by atoms with Gasteiger partial charge in [-0.3, -0.25) is 9.69 Å². The first-order chi connectivity index (χ1) is 11.2. The number of carbonyl (C=O) groups excluding carboxylic acids is 1. The number of benzene rings is 1. The van der Waals surface area contributed by atoms with Gasteiger partial charge in [-0.05, 0) is 49.4 Å². The van der Waals surface area contributed by atoms with E-state index in [4.69, 9.17) is 5.73 Å². The summed E-state index contributed by atoms with van der Waals surface area (Å²) >= 11 is 1.88. The van der Waals surface area contributed by atoms with Crippen molar-refractivity contribution in [3.63, 3.8) is 0 Å². The third kappa shape index (κ3) is 4.66. The second-order valence-electron chi connectivity index (χ2n) is 6.38. The van der Waals surface area contributed by atoms with Crippen LogP contribution in [0.5, 0.6) is 0 Å². The quantitative estimate of drug-likeness (QED) is 0.874. The monoisotopic (exact) mass is 328 g/mol. The summed E-state index contributed by atoms with van der Waals surface area (Å²) in [5.74, 6) is 0.442. The van der Waals surface area contributed by atoms with Crippen molar-refractivity contribution in [2.75, 3.05) is 13.1 Å². The highest BCUT2D eigenvalue weighted by atomic mass is 32.1. The number of carbonyl (C=O) groups is 1. The minimum atomic E-state index is -0.173. The van der Waals surface area contributed by atoms with E-state index in [2.05, 4.69) is 47.4 Å². The fourth-order valence-electron chi connectivity index (χ4n) is 3.32.